The molecule has 1 aromatic heterocycles. The lowest BCUT2D eigenvalue weighted by Crippen LogP contribution is -2.31. The number of hydrogen-bond donors (Lipinski definition) is 1. The number of halogens is 1. The lowest BCUT2D eigenvalue weighted by atomic mass is 10.3. The zero-order valence-electron chi connectivity index (χ0n) is 12.0. The van der Waals surface area contributed by atoms with Gasteiger partial charge in [-0.3, -0.25) is 0 Å². The first-order valence-electron chi connectivity index (χ1n) is 6.28. The van der Waals surface area contributed by atoms with E-state index in [0.29, 0.717) is 34.5 Å². The Balaban J connectivity index is 2.05. The second-order valence-electron chi connectivity index (χ2n) is 4.54. The minimum atomic E-state index is -0.295. The van der Waals surface area contributed by atoms with Crippen molar-refractivity contribution in [2.24, 2.45) is 0 Å². The molecule has 112 valence electrons. The number of aromatic nitrogens is 1. The van der Waals surface area contributed by atoms with E-state index in [0.717, 1.165) is 0 Å². The van der Waals surface area contributed by atoms with Crippen molar-refractivity contribution in [3.8, 4) is 5.75 Å². The maximum atomic E-state index is 12.2. The molecule has 0 aliphatic rings. The lowest BCUT2D eigenvalue weighted by Gasteiger charge is -2.18. The first kappa shape index (κ1) is 15.2. The Hall–Kier alpha value is -2.21. The summed E-state index contributed by atoms with van der Waals surface area (Å²) >= 11 is 6.01. The van der Waals surface area contributed by atoms with Crippen LogP contribution in [0.1, 0.15) is 11.5 Å². The van der Waals surface area contributed by atoms with Crippen molar-refractivity contribution >= 4 is 23.3 Å². The van der Waals surface area contributed by atoms with Crippen LogP contribution in [-0.2, 0) is 6.54 Å². The number of hydrogen-bond acceptors (Lipinski definition) is 4. The van der Waals surface area contributed by atoms with E-state index in [9.17, 15) is 4.79 Å². The molecule has 0 saturated carbocycles. The normalized spacial score (nSPS) is 10.3. The van der Waals surface area contributed by atoms with Crippen molar-refractivity contribution in [1.82, 2.24) is 10.1 Å². The van der Waals surface area contributed by atoms with Crippen molar-refractivity contribution in [1.29, 1.82) is 0 Å². The molecular formula is C14H16ClN3O3. The Morgan fingerprint density at radius 3 is 2.90 bits per heavy atom. The highest BCUT2D eigenvalue weighted by molar-refractivity contribution is 6.32. The maximum absolute atomic E-state index is 12.2. The van der Waals surface area contributed by atoms with Gasteiger partial charge >= 0.3 is 6.03 Å². The highest BCUT2D eigenvalue weighted by Crippen LogP contribution is 2.32. The van der Waals surface area contributed by atoms with E-state index in [4.69, 9.17) is 20.9 Å². The molecule has 2 rings (SSSR count). The number of amides is 2. The number of nitrogens with one attached hydrogen (secondary N) is 1. The number of aryl methyl sites for hydroxylation is 1. The molecule has 7 heteroatoms. The highest BCUT2D eigenvalue weighted by Gasteiger charge is 2.15. The standard InChI is InChI=1S/C14H16ClN3O3/c1-9-7-10(17-21-9)8-18(2)14(19)16-12-6-4-5-11(15)13(12)20-3/h4-7H,8H2,1-3H3,(H,16,19). The molecule has 0 unspecified atom stereocenters. The SMILES string of the molecule is COc1c(Cl)cccc1NC(=O)N(C)Cc1cc(C)on1. The first-order chi connectivity index (χ1) is 10.0. The predicted molar refractivity (Wildman–Crippen MR) is 79.7 cm³/mol. The highest BCUT2D eigenvalue weighted by atomic mass is 35.5. The number of para-hydroxylation sites is 1. The minimum absolute atomic E-state index is 0.295. The summed E-state index contributed by atoms with van der Waals surface area (Å²) in [5, 5.41) is 7.03. The molecule has 1 aromatic carbocycles. The monoisotopic (exact) mass is 309 g/mol. The fourth-order valence-electron chi connectivity index (χ4n) is 1.83. The van der Waals surface area contributed by atoms with E-state index in [1.807, 2.05) is 0 Å². The Labute approximate surface area is 127 Å². The molecule has 2 amide bonds. The zero-order chi connectivity index (χ0) is 15.4. The third-order valence-corrected chi connectivity index (χ3v) is 3.13. The second kappa shape index (κ2) is 6.49. The van der Waals surface area contributed by atoms with E-state index in [1.54, 1.807) is 38.2 Å². The van der Waals surface area contributed by atoms with Gasteiger partial charge < -0.3 is 19.5 Å². The molecular weight excluding hydrogens is 294 g/mol. The average molecular weight is 310 g/mol. The summed E-state index contributed by atoms with van der Waals surface area (Å²) in [7, 11) is 3.16. The smallest absolute Gasteiger partial charge is 0.322 e. The molecule has 0 bridgehead atoms. The summed E-state index contributed by atoms with van der Waals surface area (Å²) in [6.45, 7) is 2.14. The van der Waals surface area contributed by atoms with Crippen LogP contribution >= 0.6 is 11.6 Å². The van der Waals surface area contributed by atoms with Crippen molar-refractivity contribution in [2.75, 3.05) is 19.5 Å². The fourth-order valence-corrected chi connectivity index (χ4v) is 2.08. The molecule has 0 aliphatic heterocycles. The Morgan fingerprint density at radius 2 is 2.29 bits per heavy atom. The lowest BCUT2D eigenvalue weighted by molar-refractivity contribution is 0.219. The van der Waals surface area contributed by atoms with Crippen LogP contribution in [0, 0.1) is 6.92 Å². The third kappa shape index (κ3) is 3.66. The van der Waals surface area contributed by atoms with Crippen LogP contribution in [0.15, 0.2) is 28.8 Å². The molecule has 0 aliphatic carbocycles. The van der Waals surface area contributed by atoms with Crippen LogP contribution < -0.4 is 10.1 Å². The van der Waals surface area contributed by atoms with E-state index in [1.165, 1.54) is 12.0 Å². The largest absolute Gasteiger partial charge is 0.493 e. The molecule has 0 spiro atoms. The van der Waals surface area contributed by atoms with Crippen LogP contribution in [0.3, 0.4) is 0 Å². The van der Waals surface area contributed by atoms with Crippen molar-refractivity contribution in [3.05, 3.63) is 40.7 Å². The average Bonchev–Trinajstić information content (AvgIpc) is 2.84. The van der Waals surface area contributed by atoms with Crippen LogP contribution in [0.2, 0.25) is 5.02 Å². The summed E-state index contributed by atoms with van der Waals surface area (Å²) in [5.74, 6) is 1.13. The third-order valence-electron chi connectivity index (χ3n) is 2.84. The number of rotatable bonds is 4. The minimum Gasteiger partial charge on any atom is -0.493 e. The fraction of sp³-hybridized carbons (Fsp3) is 0.286. The van der Waals surface area contributed by atoms with E-state index >= 15 is 0 Å². The number of nitrogens with zero attached hydrogens (tertiary/aromatic N) is 2. The van der Waals surface area contributed by atoms with Crippen molar-refractivity contribution < 1.29 is 14.1 Å². The number of anilines is 1. The van der Waals surface area contributed by atoms with Crippen LogP contribution in [0.25, 0.3) is 0 Å². The summed E-state index contributed by atoms with van der Waals surface area (Å²) < 4.78 is 10.2. The van der Waals surface area contributed by atoms with Crippen LogP contribution in [0.4, 0.5) is 10.5 Å². The molecule has 0 radical (unpaired) electrons. The molecule has 0 saturated heterocycles. The van der Waals surface area contributed by atoms with E-state index in [-0.39, 0.29) is 6.03 Å². The summed E-state index contributed by atoms with van der Waals surface area (Å²) in [6, 6.07) is 6.64. The van der Waals surface area contributed by atoms with Gasteiger partial charge in [-0.15, -0.1) is 0 Å². The van der Waals surface area contributed by atoms with E-state index < -0.39 is 0 Å². The second-order valence-corrected chi connectivity index (χ2v) is 4.94. The molecule has 0 fully saturated rings. The molecule has 2 aromatic rings. The molecule has 1 heterocycles. The molecule has 0 atom stereocenters. The first-order valence-corrected chi connectivity index (χ1v) is 6.66. The van der Waals surface area contributed by atoms with Gasteiger partial charge in [-0.2, -0.15) is 0 Å². The van der Waals surface area contributed by atoms with Gasteiger partial charge in [0, 0.05) is 13.1 Å². The number of methoxy groups -OCH3 is 1. The van der Waals surface area contributed by atoms with Gasteiger partial charge in [-0.1, -0.05) is 22.8 Å². The Kier molecular flexibility index (Phi) is 4.70. The topological polar surface area (TPSA) is 67.6 Å². The molecule has 1 N–H and O–H groups in total. The zero-order valence-corrected chi connectivity index (χ0v) is 12.8. The quantitative estimate of drug-likeness (QED) is 0.941. The summed E-state index contributed by atoms with van der Waals surface area (Å²) in [6.07, 6.45) is 0. The van der Waals surface area contributed by atoms with Crippen LogP contribution in [-0.4, -0.2) is 30.2 Å². The summed E-state index contributed by atoms with van der Waals surface area (Å²) in [4.78, 5) is 13.6. The number of carbonyl (C=O) groups is 1. The number of carbonyl (C=O) groups excluding carboxylic acids is 1. The van der Waals surface area contributed by atoms with Gasteiger partial charge in [0.25, 0.3) is 0 Å². The van der Waals surface area contributed by atoms with Crippen molar-refractivity contribution in [3.63, 3.8) is 0 Å². The Bertz CT molecular complexity index is 642. The van der Waals surface area contributed by atoms with Gasteiger partial charge in [-0.05, 0) is 19.1 Å². The predicted octanol–water partition coefficient (Wildman–Crippen LogP) is 3.31. The van der Waals surface area contributed by atoms with E-state index in [2.05, 4.69) is 10.5 Å². The van der Waals surface area contributed by atoms with Gasteiger partial charge in [0.1, 0.15) is 11.5 Å². The van der Waals surface area contributed by atoms with Gasteiger partial charge in [-0.25, -0.2) is 4.79 Å². The molecule has 21 heavy (non-hydrogen) atoms. The summed E-state index contributed by atoms with van der Waals surface area (Å²) in [5.41, 5.74) is 1.20. The van der Waals surface area contributed by atoms with Crippen LogP contribution in [0.5, 0.6) is 5.75 Å². The number of benzene rings is 1. The van der Waals surface area contributed by atoms with Gasteiger partial charge in [0.15, 0.2) is 5.75 Å². The number of urea groups is 1. The molecule has 6 nitrogen and oxygen atoms in total. The van der Waals surface area contributed by atoms with Gasteiger partial charge in [0.05, 0.1) is 24.4 Å². The Morgan fingerprint density at radius 1 is 1.52 bits per heavy atom. The van der Waals surface area contributed by atoms with Crippen molar-refractivity contribution in [2.45, 2.75) is 13.5 Å². The van der Waals surface area contributed by atoms with Gasteiger partial charge in [0.2, 0.25) is 0 Å². The maximum Gasteiger partial charge on any atom is 0.322 e. The number of ether oxygens (including phenoxy) is 1.